The molecule has 8 rings (SSSR count). The molecule has 0 atom stereocenters. The largest absolute Gasteiger partial charge is 0.365 e. The lowest BCUT2D eigenvalue weighted by molar-refractivity contribution is -0.106. The molecule has 1 N–H and O–H groups in total. The van der Waals surface area contributed by atoms with Crippen LogP contribution in [0.1, 0.15) is 49.7 Å². The van der Waals surface area contributed by atoms with Crippen molar-refractivity contribution in [3.05, 3.63) is 53.4 Å². The molecule has 6 heterocycles. The van der Waals surface area contributed by atoms with Crippen LogP contribution in [0.3, 0.4) is 0 Å². The number of hydrogen-bond acceptors (Lipinski definition) is 7. The highest BCUT2D eigenvalue weighted by molar-refractivity contribution is 7.13. The van der Waals surface area contributed by atoms with E-state index in [0.29, 0.717) is 13.0 Å². The Labute approximate surface area is 230 Å². The van der Waals surface area contributed by atoms with E-state index in [1.807, 2.05) is 35.8 Å². The normalized spacial score (nSPS) is 19.9. The number of benzene rings is 1. The van der Waals surface area contributed by atoms with E-state index in [-0.39, 0.29) is 11.1 Å². The van der Waals surface area contributed by atoms with E-state index in [0.717, 1.165) is 77.0 Å². The average molecular weight is 536 g/mol. The summed E-state index contributed by atoms with van der Waals surface area (Å²) < 4.78 is 8.64. The highest BCUT2D eigenvalue weighted by atomic mass is 32.1. The summed E-state index contributed by atoms with van der Waals surface area (Å²) in [7, 11) is 1.98. The standard InChI is InChI=1S/C30H29N7OS/c1-36-22-4-3-19(13-20(22)15-34-36)24-25-26-21(14-33-28(25)35-27(24)23-16-32-18-39-23)17-38-30(26)8-11-37(12-9-30)29(7-10-31)5-2-6-29/h3-4,13-16,18H,2,5-9,11-12,17H2,1H3,(H,33,35). The highest BCUT2D eigenvalue weighted by Gasteiger charge is 2.50. The zero-order valence-electron chi connectivity index (χ0n) is 21.9. The molecule has 1 aliphatic carbocycles. The molecule has 8 nitrogen and oxygen atoms in total. The second-order valence-corrected chi connectivity index (χ2v) is 12.2. The number of piperidine rings is 1. The van der Waals surface area contributed by atoms with Crippen molar-refractivity contribution >= 4 is 33.3 Å². The number of nitriles is 1. The van der Waals surface area contributed by atoms with Gasteiger partial charge < -0.3 is 9.72 Å². The van der Waals surface area contributed by atoms with Crippen molar-refractivity contribution in [2.75, 3.05) is 13.1 Å². The lowest BCUT2D eigenvalue weighted by atomic mass is 9.71. The fraction of sp³-hybridized carbons (Fsp3) is 0.400. The molecule has 5 aromatic rings. The van der Waals surface area contributed by atoms with Crippen LogP contribution in [0.15, 0.2) is 42.3 Å². The number of H-pyrrole nitrogens is 1. The SMILES string of the molecule is Cn1ncc2cc(-c3c(-c4cncs4)[nH]c4ncc5c(c34)C3(CCN(C4(CC#N)CCC4)CC3)OC5)ccc21. The number of fused-ring (bicyclic) bond motifs is 5. The van der Waals surface area contributed by atoms with Crippen LogP contribution in [0.4, 0.5) is 0 Å². The van der Waals surface area contributed by atoms with Crippen LogP contribution in [0.25, 0.3) is 43.6 Å². The number of aromatic amines is 1. The van der Waals surface area contributed by atoms with E-state index >= 15 is 0 Å². The van der Waals surface area contributed by atoms with Crippen molar-refractivity contribution < 1.29 is 4.74 Å². The predicted molar refractivity (Wildman–Crippen MR) is 151 cm³/mol. The molecule has 1 saturated heterocycles. The number of hydrogen-bond donors (Lipinski definition) is 1. The Hall–Kier alpha value is -3.58. The number of likely N-dealkylation sites (tertiary alicyclic amines) is 1. The number of nitrogens with one attached hydrogen (secondary N) is 1. The third-order valence-corrected chi connectivity index (χ3v) is 10.3. The monoisotopic (exact) mass is 535 g/mol. The molecule has 3 aliphatic rings. The fourth-order valence-corrected chi connectivity index (χ4v) is 7.95. The summed E-state index contributed by atoms with van der Waals surface area (Å²) in [5.41, 5.74) is 9.45. The van der Waals surface area contributed by atoms with Crippen LogP contribution in [0, 0.1) is 11.3 Å². The number of aromatic nitrogens is 5. The molecule has 196 valence electrons. The lowest BCUT2D eigenvalue weighted by Gasteiger charge is -2.53. The van der Waals surface area contributed by atoms with Crippen molar-refractivity contribution in [1.29, 1.82) is 5.26 Å². The molecule has 2 aliphatic heterocycles. The molecule has 0 amide bonds. The number of pyridine rings is 1. The lowest BCUT2D eigenvalue weighted by Crippen LogP contribution is -2.58. The molecule has 2 fully saturated rings. The van der Waals surface area contributed by atoms with Crippen LogP contribution < -0.4 is 0 Å². The first-order valence-electron chi connectivity index (χ1n) is 13.7. The van der Waals surface area contributed by atoms with Gasteiger partial charge in [-0.05, 0) is 49.8 Å². The first-order valence-corrected chi connectivity index (χ1v) is 14.6. The molecule has 0 bridgehead atoms. The summed E-state index contributed by atoms with van der Waals surface area (Å²) in [6.45, 7) is 2.49. The quantitative estimate of drug-likeness (QED) is 0.308. The summed E-state index contributed by atoms with van der Waals surface area (Å²) in [4.78, 5) is 16.6. The van der Waals surface area contributed by atoms with Crippen molar-refractivity contribution in [3.8, 4) is 27.8 Å². The van der Waals surface area contributed by atoms with E-state index in [1.54, 1.807) is 11.3 Å². The van der Waals surface area contributed by atoms with Crippen molar-refractivity contribution in [3.63, 3.8) is 0 Å². The van der Waals surface area contributed by atoms with Gasteiger partial charge in [0.25, 0.3) is 0 Å². The number of rotatable bonds is 4. The first kappa shape index (κ1) is 23.3. The van der Waals surface area contributed by atoms with E-state index in [4.69, 9.17) is 9.72 Å². The number of ether oxygens (including phenoxy) is 1. The minimum Gasteiger partial charge on any atom is -0.365 e. The van der Waals surface area contributed by atoms with Crippen molar-refractivity contribution in [2.24, 2.45) is 7.05 Å². The maximum absolute atomic E-state index is 9.52. The van der Waals surface area contributed by atoms with E-state index < -0.39 is 0 Å². The second kappa shape index (κ2) is 8.46. The van der Waals surface area contributed by atoms with Crippen LogP contribution in [0.5, 0.6) is 0 Å². The van der Waals surface area contributed by atoms with E-state index in [2.05, 4.69) is 44.2 Å². The van der Waals surface area contributed by atoms with Crippen LogP contribution in [-0.4, -0.2) is 48.3 Å². The Kier molecular flexibility index (Phi) is 5.06. The third kappa shape index (κ3) is 3.32. The summed E-state index contributed by atoms with van der Waals surface area (Å²) in [5.74, 6) is 0. The molecule has 0 radical (unpaired) electrons. The minimum atomic E-state index is -0.342. The summed E-state index contributed by atoms with van der Waals surface area (Å²) in [6, 6.07) is 9.06. The molecular weight excluding hydrogens is 506 g/mol. The zero-order valence-corrected chi connectivity index (χ0v) is 22.7. The van der Waals surface area contributed by atoms with Gasteiger partial charge in [-0.2, -0.15) is 10.4 Å². The molecule has 1 aromatic carbocycles. The third-order valence-electron chi connectivity index (χ3n) is 9.51. The molecule has 0 unspecified atom stereocenters. The Bertz CT molecular complexity index is 1760. The van der Waals surface area contributed by atoms with Gasteiger partial charge in [-0.15, -0.1) is 11.3 Å². The van der Waals surface area contributed by atoms with Gasteiger partial charge in [-0.25, -0.2) is 4.98 Å². The topological polar surface area (TPSA) is 95.7 Å². The van der Waals surface area contributed by atoms with Gasteiger partial charge in [0.15, 0.2) is 0 Å². The second-order valence-electron chi connectivity index (χ2n) is 11.3. The van der Waals surface area contributed by atoms with Crippen LogP contribution in [-0.2, 0) is 24.0 Å². The number of nitrogens with zero attached hydrogens (tertiary/aromatic N) is 6. The Morgan fingerprint density at radius 3 is 2.77 bits per heavy atom. The highest BCUT2D eigenvalue weighted by Crippen LogP contribution is 2.53. The van der Waals surface area contributed by atoms with Crippen LogP contribution in [0.2, 0.25) is 0 Å². The fourth-order valence-electron chi connectivity index (χ4n) is 7.32. The van der Waals surface area contributed by atoms with Crippen molar-refractivity contribution in [2.45, 2.75) is 56.3 Å². The van der Waals surface area contributed by atoms with E-state index in [9.17, 15) is 5.26 Å². The maximum Gasteiger partial charge on any atom is 0.138 e. The number of aryl methyl sites for hydroxylation is 1. The van der Waals surface area contributed by atoms with Gasteiger partial charge in [0.05, 0.1) is 52.5 Å². The molecular formula is C30H29N7OS. The molecule has 1 saturated carbocycles. The van der Waals surface area contributed by atoms with Gasteiger partial charge in [0, 0.05) is 65.5 Å². The van der Waals surface area contributed by atoms with Crippen LogP contribution >= 0.6 is 11.3 Å². The average Bonchev–Trinajstić information content (AvgIpc) is 3.72. The zero-order chi connectivity index (χ0) is 26.2. The molecule has 39 heavy (non-hydrogen) atoms. The molecule has 9 heteroatoms. The Morgan fingerprint density at radius 2 is 2.03 bits per heavy atom. The van der Waals surface area contributed by atoms with Gasteiger partial charge >= 0.3 is 0 Å². The minimum absolute atomic E-state index is 0.0725. The molecule has 1 spiro atoms. The van der Waals surface area contributed by atoms with Gasteiger partial charge in [0.2, 0.25) is 0 Å². The van der Waals surface area contributed by atoms with Gasteiger partial charge in [0.1, 0.15) is 5.65 Å². The smallest absolute Gasteiger partial charge is 0.138 e. The van der Waals surface area contributed by atoms with Crippen molar-refractivity contribution in [1.82, 2.24) is 29.6 Å². The van der Waals surface area contributed by atoms with E-state index in [1.165, 1.54) is 22.9 Å². The maximum atomic E-state index is 9.52. The summed E-state index contributed by atoms with van der Waals surface area (Å²) in [6.07, 6.45) is 11.8. The first-order chi connectivity index (χ1) is 19.1. The summed E-state index contributed by atoms with van der Waals surface area (Å²) in [5, 5.41) is 16.3. The van der Waals surface area contributed by atoms with Gasteiger partial charge in [-0.1, -0.05) is 6.07 Å². The Morgan fingerprint density at radius 1 is 1.15 bits per heavy atom. The predicted octanol–water partition coefficient (Wildman–Crippen LogP) is 5.90. The summed E-state index contributed by atoms with van der Waals surface area (Å²) >= 11 is 1.63. The Balaban J connectivity index is 1.29. The molecule has 4 aromatic heterocycles. The number of thiazole rings is 1. The van der Waals surface area contributed by atoms with Gasteiger partial charge in [-0.3, -0.25) is 14.6 Å².